The zero-order valence-corrected chi connectivity index (χ0v) is 10.0. The van der Waals surface area contributed by atoms with Crippen molar-refractivity contribution >= 4 is 5.91 Å². The maximum Gasteiger partial charge on any atom is 0.223 e. The van der Waals surface area contributed by atoms with E-state index in [1.807, 2.05) is 6.92 Å². The van der Waals surface area contributed by atoms with Crippen LogP contribution in [-0.2, 0) is 4.79 Å². The molecule has 1 atom stereocenters. The average molecular weight is 212 g/mol. The van der Waals surface area contributed by atoms with Crippen LogP contribution in [-0.4, -0.2) is 18.0 Å². The van der Waals surface area contributed by atoms with Gasteiger partial charge >= 0.3 is 0 Å². The topological polar surface area (TPSA) is 55.1 Å². The first-order valence-corrected chi connectivity index (χ1v) is 6.09. The van der Waals surface area contributed by atoms with Crippen LogP contribution in [0.1, 0.15) is 52.4 Å². The van der Waals surface area contributed by atoms with Gasteiger partial charge in [0.05, 0.1) is 0 Å². The minimum atomic E-state index is 0.0399. The molecular formula is C12H24N2O. The van der Waals surface area contributed by atoms with Gasteiger partial charge < -0.3 is 11.1 Å². The van der Waals surface area contributed by atoms with Gasteiger partial charge in [-0.1, -0.05) is 26.2 Å². The Morgan fingerprint density at radius 2 is 2.00 bits per heavy atom. The largest absolute Gasteiger partial charge is 0.351 e. The van der Waals surface area contributed by atoms with E-state index >= 15 is 0 Å². The van der Waals surface area contributed by atoms with Crippen molar-refractivity contribution in [2.45, 2.75) is 57.9 Å². The molecule has 0 spiro atoms. The summed E-state index contributed by atoms with van der Waals surface area (Å²) in [7, 11) is 0. The standard InChI is InChI=1S/C12H24N2O/c1-10(6-9-13)11(15)14-12(2)7-4-3-5-8-12/h10H,3-9,13H2,1-2H3,(H,14,15). The molecule has 0 heterocycles. The summed E-state index contributed by atoms with van der Waals surface area (Å²) in [6.07, 6.45) is 6.80. The van der Waals surface area contributed by atoms with Crippen LogP contribution in [0.4, 0.5) is 0 Å². The second-order valence-corrected chi connectivity index (χ2v) is 5.09. The van der Waals surface area contributed by atoms with Crippen LogP contribution in [0.15, 0.2) is 0 Å². The first kappa shape index (κ1) is 12.5. The van der Waals surface area contributed by atoms with E-state index in [0.717, 1.165) is 19.3 Å². The molecule has 0 aliphatic heterocycles. The van der Waals surface area contributed by atoms with Crippen LogP contribution in [0, 0.1) is 5.92 Å². The Labute approximate surface area is 92.8 Å². The third kappa shape index (κ3) is 3.82. The van der Waals surface area contributed by atoms with E-state index in [2.05, 4.69) is 12.2 Å². The molecule has 3 nitrogen and oxygen atoms in total. The van der Waals surface area contributed by atoms with Crippen LogP contribution < -0.4 is 11.1 Å². The molecule has 1 fully saturated rings. The zero-order valence-electron chi connectivity index (χ0n) is 10.0. The van der Waals surface area contributed by atoms with Gasteiger partial charge in [-0.2, -0.15) is 0 Å². The highest BCUT2D eigenvalue weighted by molar-refractivity contribution is 5.79. The molecule has 15 heavy (non-hydrogen) atoms. The van der Waals surface area contributed by atoms with E-state index in [4.69, 9.17) is 5.73 Å². The highest BCUT2D eigenvalue weighted by Gasteiger charge is 2.29. The van der Waals surface area contributed by atoms with Crippen LogP contribution in [0.25, 0.3) is 0 Å². The molecule has 0 aromatic carbocycles. The smallest absolute Gasteiger partial charge is 0.223 e. The van der Waals surface area contributed by atoms with Gasteiger partial charge in [-0.25, -0.2) is 0 Å². The molecule has 1 aliphatic carbocycles. The summed E-state index contributed by atoms with van der Waals surface area (Å²) in [4.78, 5) is 11.8. The Bertz CT molecular complexity index is 210. The summed E-state index contributed by atoms with van der Waals surface area (Å²) in [5, 5.41) is 3.19. The molecule has 1 aliphatic rings. The Balaban J connectivity index is 2.41. The van der Waals surface area contributed by atoms with Gasteiger partial charge in [0.2, 0.25) is 5.91 Å². The van der Waals surface area contributed by atoms with Gasteiger partial charge in [0.1, 0.15) is 0 Å². The molecule has 1 amide bonds. The second-order valence-electron chi connectivity index (χ2n) is 5.09. The number of nitrogens with two attached hydrogens (primary N) is 1. The highest BCUT2D eigenvalue weighted by Crippen LogP contribution is 2.27. The number of carbonyl (C=O) groups excluding carboxylic acids is 1. The molecule has 0 bridgehead atoms. The Hall–Kier alpha value is -0.570. The lowest BCUT2D eigenvalue weighted by atomic mass is 9.83. The van der Waals surface area contributed by atoms with Gasteiger partial charge in [0.15, 0.2) is 0 Å². The van der Waals surface area contributed by atoms with E-state index in [0.29, 0.717) is 6.54 Å². The Kier molecular flexibility index (Phi) is 4.58. The maximum atomic E-state index is 11.8. The number of hydrogen-bond acceptors (Lipinski definition) is 2. The SMILES string of the molecule is CC(CCN)C(=O)NC1(C)CCCCC1. The van der Waals surface area contributed by atoms with Gasteiger partial charge in [-0.05, 0) is 32.7 Å². The summed E-state index contributed by atoms with van der Waals surface area (Å²) in [5.74, 6) is 0.221. The molecule has 1 saturated carbocycles. The van der Waals surface area contributed by atoms with Crippen molar-refractivity contribution in [1.82, 2.24) is 5.32 Å². The van der Waals surface area contributed by atoms with Crippen LogP contribution >= 0.6 is 0 Å². The van der Waals surface area contributed by atoms with Crippen molar-refractivity contribution in [3.63, 3.8) is 0 Å². The third-order valence-corrected chi connectivity index (χ3v) is 3.43. The van der Waals surface area contributed by atoms with Crippen LogP contribution in [0.5, 0.6) is 0 Å². The van der Waals surface area contributed by atoms with Crippen molar-refractivity contribution in [2.75, 3.05) is 6.54 Å². The quantitative estimate of drug-likeness (QED) is 0.746. The van der Waals surface area contributed by atoms with E-state index in [1.54, 1.807) is 0 Å². The van der Waals surface area contributed by atoms with Crippen molar-refractivity contribution in [2.24, 2.45) is 11.7 Å². The Morgan fingerprint density at radius 1 is 1.40 bits per heavy atom. The van der Waals surface area contributed by atoms with E-state index in [1.165, 1.54) is 19.3 Å². The number of carbonyl (C=O) groups is 1. The van der Waals surface area contributed by atoms with Gasteiger partial charge in [0, 0.05) is 11.5 Å². The molecule has 88 valence electrons. The Morgan fingerprint density at radius 3 is 2.53 bits per heavy atom. The number of amides is 1. The third-order valence-electron chi connectivity index (χ3n) is 3.43. The van der Waals surface area contributed by atoms with E-state index < -0.39 is 0 Å². The lowest BCUT2D eigenvalue weighted by molar-refractivity contribution is -0.126. The summed E-state index contributed by atoms with van der Waals surface area (Å²) < 4.78 is 0. The fourth-order valence-electron chi connectivity index (χ4n) is 2.26. The summed E-state index contributed by atoms with van der Waals surface area (Å²) >= 11 is 0. The van der Waals surface area contributed by atoms with Crippen LogP contribution in [0.3, 0.4) is 0 Å². The monoisotopic (exact) mass is 212 g/mol. The molecule has 0 saturated heterocycles. The molecule has 0 radical (unpaired) electrons. The molecule has 0 aromatic rings. The zero-order chi connectivity index (χ0) is 11.3. The van der Waals surface area contributed by atoms with Gasteiger partial charge in [-0.3, -0.25) is 4.79 Å². The van der Waals surface area contributed by atoms with Crippen molar-refractivity contribution in [3.05, 3.63) is 0 Å². The fraction of sp³-hybridized carbons (Fsp3) is 0.917. The second kappa shape index (κ2) is 5.50. The molecule has 1 unspecified atom stereocenters. The number of hydrogen-bond donors (Lipinski definition) is 2. The van der Waals surface area contributed by atoms with E-state index in [-0.39, 0.29) is 17.4 Å². The minimum Gasteiger partial charge on any atom is -0.351 e. The van der Waals surface area contributed by atoms with Crippen LogP contribution in [0.2, 0.25) is 0 Å². The maximum absolute atomic E-state index is 11.8. The molecule has 1 rings (SSSR count). The average Bonchev–Trinajstić information content (AvgIpc) is 2.18. The summed E-state index contributed by atoms with van der Waals surface area (Å²) in [6.45, 7) is 4.71. The number of nitrogens with one attached hydrogen (secondary N) is 1. The summed E-state index contributed by atoms with van der Waals surface area (Å²) in [5.41, 5.74) is 5.49. The lowest BCUT2D eigenvalue weighted by Gasteiger charge is -2.35. The highest BCUT2D eigenvalue weighted by atomic mass is 16.2. The van der Waals surface area contributed by atoms with Gasteiger partial charge in [0.25, 0.3) is 0 Å². The fourth-order valence-corrected chi connectivity index (χ4v) is 2.26. The molecule has 0 aromatic heterocycles. The first-order valence-electron chi connectivity index (χ1n) is 6.09. The predicted molar refractivity (Wildman–Crippen MR) is 62.5 cm³/mol. The van der Waals surface area contributed by atoms with Crippen molar-refractivity contribution < 1.29 is 4.79 Å². The van der Waals surface area contributed by atoms with Crippen molar-refractivity contribution in [3.8, 4) is 0 Å². The molecular weight excluding hydrogens is 188 g/mol. The minimum absolute atomic E-state index is 0.0399. The molecule has 3 N–H and O–H groups in total. The molecule has 3 heteroatoms. The van der Waals surface area contributed by atoms with Gasteiger partial charge in [-0.15, -0.1) is 0 Å². The first-order chi connectivity index (χ1) is 7.07. The van der Waals surface area contributed by atoms with Crippen molar-refractivity contribution in [1.29, 1.82) is 0 Å². The number of rotatable bonds is 4. The predicted octanol–water partition coefficient (Wildman–Crippen LogP) is 1.81. The normalized spacial score (nSPS) is 22.1. The lowest BCUT2D eigenvalue weighted by Crippen LogP contribution is -2.49. The van der Waals surface area contributed by atoms with E-state index in [9.17, 15) is 4.79 Å². The summed E-state index contributed by atoms with van der Waals surface area (Å²) in [6, 6.07) is 0.